The van der Waals surface area contributed by atoms with Crippen LogP contribution in [0.5, 0.6) is 0 Å². The molecule has 110 valence electrons. The third-order valence-electron chi connectivity index (χ3n) is 2.57. The summed E-state index contributed by atoms with van der Waals surface area (Å²) in [6.07, 6.45) is -4.53. The van der Waals surface area contributed by atoms with Gasteiger partial charge >= 0.3 is 12.1 Å². The number of carboxylic acid groups (broad SMARTS) is 1. The van der Waals surface area contributed by atoms with Gasteiger partial charge in [-0.25, -0.2) is 9.48 Å². The summed E-state index contributed by atoms with van der Waals surface area (Å²) in [5.74, 6) is -1.83. The summed E-state index contributed by atoms with van der Waals surface area (Å²) < 4.78 is 39.3. The second-order valence-corrected chi connectivity index (χ2v) is 3.87. The second kappa shape index (κ2) is 4.89. The fourth-order valence-corrected chi connectivity index (χ4v) is 1.76. The number of para-hydroxylation sites is 2. The third kappa shape index (κ3) is 2.55. The number of carboxylic acids is 1. The van der Waals surface area contributed by atoms with Crippen molar-refractivity contribution in [3.8, 4) is 5.69 Å². The zero-order valence-electron chi connectivity index (χ0n) is 10.0. The SMILES string of the molecule is O=C(O)c1cnn(-c2ccccc2[N+](=O)[O-])c1C(F)(F)F. The third-order valence-corrected chi connectivity index (χ3v) is 2.57. The van der Waals surface area contributed by atoms with Gasteiger partial charge in [0.2, 0.25) is 0 Å². The van der Waals surface area contributed by atoms with Crippen LogP contribution in [0.1, 0.15) is 16.1 Å². The van der Waals surface area contributed by atoms with E-state index in [1.807, 2.05) is 0 Å². The number of nitro benzene ring substituents is 1. The molecule has 0 bridgehead atoms. The molecule has 0 saturated carbocycles. The molecule has 1 heterocycles. The first kappa shape index (κ1) is 14.5. The van der Waals surface area contributed by atoms with Gasteiger partial charge in [-0.2, -0.15) is 18.3 Å². The predicted octanol–water partition coefficient (Wildman–Crippen LogP) is 2.50. The number of alkyl halides is 3. The van der Waals surface area contributed by atoms with Gasteiger partial charge in [0.05, 0.1) is 11.1 Å². The highest BCUT2D eigenvalue weighted by molar-refractivity contribution is 5.89. The molecule has 10 heteroatoms. The number of nitrogens with zero attached hydrogens (tertiary/aromatic N) is 3. The molecular formula is C11H6F3N3O4. The van der Waals surface area contributed by atoms with Crippen molar-refractivity contribution in [2.24, 2.45) is 0 Å². The lowest BCUT2D eigenvalue weighted by Gasteiger charge is -2.11. The van der Waals surface area contributed by atoms with Crippen molar-refractivity contribution in [1.29, 1.82) is 0 Å². The van der Waals surface area contributed by atoms with E-state index in [4.69, 9.17) is 5.11 Å². The summed E-state index contributed by atoms with van der Waals surface area (Å²) in [5, 5.41) is 23.0. The summed E-state index contributed by atoms with van der Waals surface area (Å²) in [6.45, 7) is 0. The van der Waals surface area contributed by atoms with Crippen LogP contribution in [0.3, 0.4) is 0 Å². The Morgan fingerprint density at radius 3 is 2.48 bits per heavy atom. The van der Waals surface area contributed by atoms with Gasteiger partial charge in [0.25, 0.3) is 5.69 Å². The Kier molecular flexibility index (Phi) is 3.37. The van der Waals surface area contributed by atoms with Gasteiger partial charge in [-0.3, -0.25) is 10.1 Å². The van der Waals surface area contributed by atoms with Crippen molar-refractivity contribution in [3.05, 3.63) is 51.8 Å². The van der Waals surface area contributed by atoms with E-state index >= 15 is 0 Å². The van der Waals surface area contributed by atoms with Crippen LogP contribution in [-0.4, -0.2) is 25.8 Å². The van der Waals surface area contributed by atoms with Crippen LogP contribution in [0.15, 0.2) is 30.5 Å². The highest BCUT2D eigenvalue weighted by atomic mass is 19.4. The summed E-state index contributed by atoms with van der Waals surface area (Å²) in [6, 6.07) is 4.60. The van der Waals surface area contributed by atoms with E-state index in [1.165, 1.54) is 12.1 Å². The van der Waals surface area contributed by atoms with E-state index in [2.05, 4.69) is 5.10 Å². The summed E-state index contributed by atoms with van der Waals surface area (Å²) in [5.41, 5.74) is -3.75. The first-order valence-corrected chi connectivity index (χ1v) is 5.35. The number of hydrogen-bond acceptors (Lipinski definition) is 4. The number of aromatic carboxylic acids is 1. The van der Waals surface area contributed by atoms with Crippen LogP contribution in [0.25, 0.3) is 5.69 Å². The molecule has 7 nitrogen and oxygen atoms in total. The smallest absolute Gasteiger partial charge is 0.434 e. The van der Waals surface area contributed by atoms with Gasteiger partial charge in [-0.1, -0.05) is 12.1 Å². The maximum absolute atomic E-state index is 13.0. The number of aromatic nitrogens is 2. The largest absolute Gasteiger partial charge is 0.478 e. The summed E-state index contributed by atoms with van der Waals surface area (Å²) in [4.78, 5) is 20.8. The first-order chi connectivity index (χ1) is 9.73. The van der Waals surface area contributed by atoms with Gasteiger partial charge in [-0.05, 0) is 6.07 Å². The molecule has 0 amide bonds. The maximum Gasteiger partial charge on any atom is 0.434 e. The minimum atomic E-state index is -5.03. The molecule has 21 heavy (non-hydrogen) atoms. The molecule has 1 aromatic carbocycles. The van der Waals surface area contributed by atoms with Crippen LogP contribution in [-0.2, 0) is 6.18 Å². The average Bonchev–Trinajstić information content (AvgIpc) is 2.83. The summed E-state index contributed by atoms with van der Waals surface area (Å²) >= 11 is 0. The Labute approximate surface area is 114 Å². The maximum atomic E-state index is 13.0. The minimum absolute atomic E-state index is 0.210. The van der Waals surface area contributed by atoms with E-state index in [9.17, 15) is 28.1 Å². The van der Waals surface area contributed by atoms with Crippen molar-refractivity contribution >= 4 is 11.7 Å². The normalized spacial score (nSPS) is 11.4. The van der Waals surface area contributed by atoms with Gasteiger partial charge in [0.15, 0.2) is 5.69 Å². The monoisotopic (exact) mass is 301 g/mol. The standard InChI is InChI=1S/C11H6F3N3O4/c12-11(13,14)9-6(10(18)19)5-15-16(9)7-3-1-2-4-8(7)17(20)21/h1-5H,(H,18,19). The molecule has 0 atom stereocenters. The molecule has 1 aromatic heterocycles. The van der Waals surface area contributed by atoms with Crippen LogP contribution in [0.2, 0.25) is 0 Å². The zero-order chi connectivity index (χ0) is 15.8. The fraction of sp³-hybridized carbons (Fsp3) is 0.0909. The highest BCUT2D eigenvalue weighted by Crippen LogP contribution is 2.35. The molecule has 0 spiro atoms. The van der Waals surface area contributed by atoms with Crippen molar-refractivity contribution in [3.63, 3.8) is 0 Å². The van der Waals surface area contributed by atoms with Gasteiger partial charge < -0.3 is 5.11 Å². The second-order valence-electron chi connectivity index (χ2n) is 3.87. The van der Waals surface area contributed by atoms with Crippen molar-refractivity contribution in [2.75, 3.05) is 0 Å². The van der Waals surface area contributed by atoms with Crippen molar-refractivity contribution in [2.45, 2.75) is 6.18 Å². The van der Waals surface area contributed by atoms with Crippen molar-refractivity contribution in [1.82, 2.24) is 9.78 Å². The van der Waals surface area contributed by atoms with Crippen LogP contribution in [0, 0.1) is 10.1 Å². The topological polar surface area (TPSA) is 98.3 Å². The molecule has 0 aliphatic carbocycles. The van der Waals surface area contributed by atoms with Crippen molar-refractivity contribution < 1.29 is 28.0 Å². The number of carbonyl (C=O) groups is 1. The molecule has 1 N–H and O–H groups in total. The van der Waals surface area contributed by atoms with Gasteiger partial charge in [0.1, 0.15) is 11.3 Å². The Morgan fingerprint density at radius 1 is 1.33 bits per heavy atom. The highest BCUT2D eigenvalue weighted by Gasteiger charge is 2.41. The van der Waals surface area contributed by atoms with E-state index in [0.717, 1.165) is 12.1 Å². The molecule has 0 unspecified atom stereocenters. The van der Waals surface area contributed by atoms with Crippen LogP contribution in [0.4, 0.5) is 18.9 Å². The van der Waals surface area contributed by atoms with E-state index in [0.29, 0.717) is 6.20 Å². The molecule has 0 aliphatic heterocycles. The van der Waals surface area contributed by atoms with E-state index in [-0.39, 0.29) is 4.68 Å². The molecule has 0 aliphatic rings. The summed E-state index contributed by atoms with van der Waals surface area (Å²) in [7, 11) is 0. The van der Waals surface area contributed by atoms with Gasteiger partial charge in [0, 0.05) is 6.07 Å². The van der Waals surface area contributed by atoms with Gasteiger partial charge in [-0.15, -0.1) is 0 Å². The first-order valence-electron chi connectivity index (χ1n) is 5.35. The Hall–Kier alpha value is -2.91. The van der Waals surface area contributed by atoms with Crippen LogP contribution >= 0.6 is 0 Å². The number of nitro groups is 1. The van der Waals surface area contributed by atoms with Crippen LogP contribution < -0.4 is 0 Å². The number of hydrogen-bond donors (Lipinski definition) is 1. The molecular weight excluding hydrogens is 295 g/mol. The number of halogens is 3. The average molecular weight is 301 g/mol. The number of benzene rings is 1. The van der Waals surface area contributed by atoms with E-state index in [1.54, 1.807) is 0 Å². The Morgan fingerprint density at radius 2 is 1.95 bits per heavy atom. The molecule has 2 rings (SSSR count). The van der Waals surface area contributed by atoms with E-state index < -0.39 is 39.7 Å². The lowest BCUT2D eigenvalue weighted by atomic mass is 10.2. The fourth-order valence-electron chi connectivity index (χ4n) is 1.76. The Bertz CT molecular complexity index is 724. The molecule has 0 radical (unpaired) electrons. The lowest BCUT2D eigenvalue weighted by Crippen LogP contribution is -2.18. The zero-order valence-corrected chi connectivity index (χ0v) is 10.0. The Balaban J connectivity index is 2.77. The molecule has 0 saturated heterocycles. The lowest BCUT2D eigenvalue weighted by molar-refractivity contribution is -0.384. The molecule has 2 aromatic rings. The number of rotatable bonds is 3. The predicted molar refractivity (Wildman–Crippen MR) is 62.2 cm³/mol. The minimum Gasteiger partial charge on any atom is -0.478 e. The quantitative estimate of drug-likeness (QED) is 0.693. The molecule has 0 fully saturated rings.